The minimum absolute atomic E-state index is 0.219. The molecule has 2 amide bonds. The van der Waals surface area contributed by atoms with Crippen molar-refractivity contribution < 1.29 is 23.9 Å². The molecule has 1 aromatic rings. The van der Waals surface area contributed by atoms with Crippen LogP contribution in [0.3, 0.4) is 0 Å². The zero-order chi connectivity index (χ0) is 18.7. The Morgan fingerprint density at radius 2 is 1.77 bits per heavy atom. The molecule has 0 saturated carbocycles. The summed E-state index contributed by atoms with van der Waals surface area (Å²) in [5.41, 5.74) is 1.05. The Morgan fingerprint density at radius 3 is 2.27 bits per heavy atom. The largest absolute Gasteiger partial charge is 0.462 e. The Kier molecular flexibility index (Phi) is 5.23. The predicted octanol–water partition coefficient (Wildman–Crippen LogP) is 2.73. The van der Waals surface area contributed by atoms with E-state index in [0.717, 1.165) is 31.0 Å². The molecule has 1 fully saturated rings. The quantitative estimate of drug-likeness (QED) is 0.426. The molecule has 3 rings (SSSR count). The summed E-state index contributed by atoms with van der Waals surface area (Å²) in [7, 11) is 0. The lowest BCUT2D eigenvalue weighted by Gasteiger charge is -2.45. The molecule has 6 heteroatoms. The Hall–Kier alpha value is -2.47. The zero-order valence-electron chi connectivity index (χ0n) is 15.1. The lowest BCUT2D eigenvalue weighted by Crippen LogP contribution is -2.46. The van der Waals surface area contributed by atoms with E-state index in [2.05, 4.69) is 13.8 Å². The Labute approximate surface area is 152 Å². The van der Waals surface area contributed by atoms with Crippen LogP contribution < -0.4 is 4.90 Å². The van der Waals surface area contributed by atoms with Crippen LogP contribution in [0.25, 0.3) is 0 Å². The van der Waals surface area contributed by atoms with Crippen LogP contribution >= 0.6 is 0 Å². The van der Waals surface area contributed by atoms with Crippen LogP contribution in [0.5, 0.6) is 0 Å². The van der Waals surface area contributed by atoms with E-state index in [0.29, 0.717) is 23.8 Å². The molecular weight excluding hydrogens is 334 g/mol. The summed E-state index contributed by atoms with van der Waals surface area (Å²) in [5.74, 6) is -0.629. The highest BCUT2D eigenvalue weighted by Crippen LogP contribution is 2.40. The number of hydrogen-bond acceptors (Lipinski definition) is 5. The number of benzene rings is 1. The van der Waals surface area contributed by atoms with Crippen molar-refractivity contribution in [1.29, 1.82) is 0 Å². The summed E-state index contributed by atoms with van der Waals surface area (Å²) in [5, 5.41) is 0. The first-order chi connectivity index (χ1) is 12.4. The van der Waals surface area contributed by atoms with Gasteiger partial charge in [-0.2, -0.15) is 0 Å². The molecule has 0 spiro atoms. The van der Waals surface area contributed by atoms with E-state index in [4.69, 9.17) is 9.47 Å². The fourth-order valence-electron chi connectivity index (χ4n) is 3.20. The van der Waals surface area contributed by atoms with Crippen LogP contribution in [-0.4, -0.2) is 37.6 Å². The van der Waals surface area contributed by atoms with Gasteiger partial charge < -0.3 is 9.47 Å². The molecule has 2 aliphatic rings. The number of esters is 1. The number of hydrogen-bond donors (Lipinski definition) is 0. The van der Waals surface area contributed by atoms with Gasteiger partial charge in [0.2, 0.25) is 0 Å². The average Bonchev–Trinajstić information content (AvgIpc) is 2.91. The highest BCUT2D eigenvalue weighted by molar-refractivity contribution is 6.28. The number of rotatable bonds is 7. The highest BCUT2D eigenvalue weighted by Gasteiger charge is 2.40. The van der Waals surface area contributed by atoms with E-state index in [1.165, 1.54) is 12.2 Å². The molecule has 0 unspecified atom stereocenters. The minimum atomic E-state index is -0.405. The number of nitrogens with zero attached hydrogens (tertiary/aromatic N) is 1. The van der Waals surface area contributed by atoms with E-state index in [1.807, 2.05) is 0 Å². The van der Waals surface area contributed by atoms with Gasteiger partial charge in [0.05, 0.1) is 31.1 Å². The molecule has 0 atom stereocenters. The fourth-order valence-corrected chi connectivity index (χ4v) is 3.20. The zero-order valence-corrected chi connectivity index (χ0v) is 15.1. The topological polar surface area (TPSA) is 72.9 Å². The molecule has 0 N–H and O–H groups in total. The van der Waals surface area contributed by atoms with Crippen molar-refractivity contribution in [2.45, 2.75) is 26.7 Å². The van der Waals surface area contributed by atoms with E-state index >= 15 is 0 Å². The van der Waals surface area contributed by atoms with Crippen molar-refractivity contribution in [2.24, 2.45) is 11.3 Å². The number of ether oxygens (including phenoxy) is 2. The average molecular weight is 357 g/mol. The second kappa shape index (κ2) is 7.41. The molecule has 0 radical (unpaired) electrons. The van der Waals surface area contributed by atoms with Gasteiger partial charge in [0.15, 0.2) is 0 Å². The number of amides is 2. The van der Waals surface area contributed by atoms with Gasteiger partial charge in [-0.1, -0.05) is 13.8 Å². The fraction of sp³-hybridized carbons (Fsp3) is 0.450. The van der Waals surface area contributed by atoms with Gasteiger partial charge >= 0.3 is 5.97 Å². The molecule has 2 heterocycles. The van der Waals surface area contributed by atoms with Crippen LogP contribution in [0.4, 0.5) is 5.69 Å². The molecule has 6 nitrogen and oxygen atoms in total. The number of carbonyl (C=O) groups excluding carboxylic acids is 3. The molecule has 0 aromatic heterocycles. The molecule has 26 heavy (non-hydrogen) atoms. The lowest BCUT2D eigenvalue weighted by atomic mass is 9.72. The summed E-state index contributed by atoms with van der Waals surface area (Å²) in [4.78, 5) is 36.5. The van der Waals surface area contributed by atoms with Crippen molar-refractivity contribution in [3.05, 3.63) is 42.0 Å². The van der Waals surface area contributed by atoms with Gasteiger partial charge in [-0.15, -0.1) is 0 Å². The van der Waals surface area contributed by atoms with Crippen LogP contribution in [0.1, 0.15) is 37.0 Å². The van der Waals surface area contributed by atoms with Gasteiger partial charge in [-0.05, 0) is 43.0 Å². The van der Waals surface area contributed by atoms with Crippen molar-refractivity contribution >= 4 is 23.5 Å². The molecule has 0 bridgehead atoms. The SMILES string of the molecule is CC(C)C1(CCCOC(=O)c2ccc(N3C(=O)C=CC3=O)cc2)COC1. The third-order valence-corrected chi connectivity index (χ3v) is 5.23. The standard InChI is InChI=1S/C20H23NO5/c1-14(2)20(12-25-13-20)10-3-11-26-19(24)15-4-6-16(7-5-15)21-17(22)8-9-18(21)23/h4-9,14H,3,10-13H2,1-2H3. The maximum Gasteiger partial charge on any atom is 0.338 e. The molecule has 1 saturated heterocycles. The van der Waals surface area contributed by atoms with Crippen LogP contribution in [0.15, 0.2) is 36.4 Å². The van der Waals surface area contributed by atoms with Gasteiger partial charge in [0.1, 0.15) is 0 Å². The second-order valence-electron chi connectivity index (χ2n) is 7.14. The van der Waals surface area contributed by atoms with Gasteiger partial charge in [-0.25, -0.2) is 9.69 Å². The second-order valence-corrected chi connectivity index (χ2v) is 7.14. The van der Waals surface area contributed by atoms with Crippen LogP contribution in [0.2, 0.25) is 0 Å². The smallest absolute Gasteiger partial charge is 0.338 e. The Morgan fingerprint density at radius 1 is 1.15 bits per heavy atom. The van der Waals surface area contributed by atoms with Crippen LogP contribution in [0, 0.1) is 11.3 Å². The van der Waals surface area contributed by atoms with E-state index in [9.17, 15) is 14.4 Å². The third-order valence-electron chi connectivity index (χ3n) is 5.23. The van der Waals surface area contributed by atoms with Crippen LogP contribution in [-0.2, 0) is 19.1 Å². The Balaban J connectivity index is 1.49. The minimum Gasteiger partial charge on any atom is -0.462 e. The molecular formula is C20H23NO5. The van der Waals surface area contributed by atoms with Gasteiger partial charge in [-0.3, -0.25) is 9.59 Å². The maximum absolute atomic E-state index is 12.1. The molecule has 2 aliphatic heterocycles. The van der Waals surface area contributed by atoms with E-state index < -0.39 is 5.97 Å². The summed E-state index contributed by atoms with van der Waals surface area (Å²) < 4.78 is 10.7. The Bertz CT molecular complexity index is 713. The summed E-state index contributed by atoms with van der Waals surface area (Å²) in [6.07, 6.45) is 4.22. The summed E-state index contributed by atoms with van der Waals surface area (Å²) in [6, 6.07) is 6.26. The first-order valence-corrected chi connectivity index (χ1v) is 8.84. The van der Waals surface area contributed by atoms with Gasteiger partial charge in [0, 0.05) is 17.6 Å². The highest BCUT2D eigenvalue weighted by atomic mass is 16.5. The first kappa shape index (κ1) is 18.3. The van der Waals surface area contributed by atoms with Crippen molar-refractivity contribution in [2.75, 3.05) is 24.7 Å². The normalized spacial score (nSPS) is 18.3. The maximum atomic E-state index is 12.1. The van der Waals surface area contributed by atoms with E-state index in [1.54, 1.807) is 24.3 Å². The number of carbonyl (C=O) groups is 3. The number of imide groups is 1. The van der Waals surface area contributed by atoms with Crippen molar-refractivity contribution in [1.82, 2.24) is 0 Å². The third kappa shape index (κ3) is 3.55. The van der Waals surface area contributed by atoms with Gasteiger partial charge in [0.25, 0.3) is 11.8 Å². The monoisotopic (exact) mass is 357 g/mol. The van der Waals surface area contributed by atoms with E-state index in [-0.39, 0.29) is 17.2 Å². The summed E-state index contributed by atoms with van der Waals surface area (Å²) >= 11 is 0. The lowest BCUT2D eigenvalue weighted by molar-refractivity contribution is -0.145. The summed E-state index contributed by atoms with van der Waals surface area (Å²) in [6.45, 7) is 6.32. The predicted molar refractivity (Wildman–Crippen MR) is 95.7 cm³/mol. The van der Waals surface area contributed by atoms with Crippen molar-refractivity contribution in [3.8, 4) is 0 Å². The molecule has 138 valence electrons. The van der Waals surface area contributed by atoms with Crippen molar-refractivity contribution in [3.63, 3.8) is 0 Å². The molecule has 1 aromatic carbocycles. The number of anilines is 1. The first-order valence-electron chi connectivity index (χ1n) is 8.84. The molecule has 0 aliphatic carbocycles.